The molecule has 0 saturated carbocycles. The third-order valence-electron chi connectivity index (χ3n) is 3.58. The first kappa shape index (κ1) is 15.0. The van der Waals surface area contributed by atoms with Crippen molar-refractivity contribution in [3.63, 3.8) is 0 Å². The summed E-state index contributed by atoms with van der Waals surface area (Å²) in [7, 11) is -3.78. The van der Waals surface area contributed by atoms with Gasteiger partial charge in [0.15, 0.2) is 0 Å². The van der Waals surface area contributed by atoms with Crippen LogP contribution in [0.1, 0.15) is 12.5 Å². The number of halogens is 1. The van der Waals surface area contributed by atoms with E-state index >= 15 is 0 Å². The average molecular weight is 336 g/mol. The van der Waals surface area contributed by atoms with Gasteiger partial charge in [0.05, 0.1) is 4.90 Å². The van der Waals surface area contributed by atoms with Gasteiger partial charge in [-0.2, -0.15) is 0 Å². The van der Waals surface area contributed by atoms with E-state index in [0.29, 0.717) is 10.6 Å². The molecule has 0 radical (unpaired) electrons. The van der Waals surface area contributed by atoms with Crippen molar-refractivity contribution in [2.45, 2.75) is 18.2 Å². The minimum atomic E-state index is -3.78. The number of hydrogen-bond donors (Lipinski definition) is 2. The normalized spacial score (nSPS) is 12.0. The molecule has 0 atom stereocenters. The first-order chi connectivity index (χ1) is 10.4. The molecule has 22 heavy (non-hydrogen) atoms. The van der Waals surface area contributed by atoms with Gasteiger partial charge in [0.2, 0.25) is 10.0 Å². The van der Waals surface area contributed by atoms with Crippen LogP contribution in [0.4, 0.5) is 0 Å². The summed E-state index contributed by atoms with van der Waals surface area (Å²) in [6.07, 6.45) is 4.45. The summed E-state index contributed by atoms with van der Waals surface area (Å²) in [6.45, 7) is 2.06. The van der Waals surface area contributed by atoms with Crippen molar-refractivity contribution in [3.05, 3.63) is 47.2 Å². The summed E-state index contributed by atoms with van der Waals surface area (Å²) < 4.78 is 23.0. The number of benzene rings is 1. The molecule has 2 heterocycles. The van der Waals surface area contributed by atoms with Gasteiger partial charge in [0.25, 0.3) is 0 Å². The number of H-pyrrole nitrogens is 1. The molecule has 0 unspecified atom stereocenters. The minimum Gasteiger partial charge on any atom is -0.346 e. The molecule has 0 aliphatic carbocycles. The second-order valence-corrected chi connectivity index (χ2v) is 6.94. The molecule has 0 amide bonds. The Morgan fingerprint density at radius 2 is 2.09 bits per heavy atom. The SMILES string of the molecule is CCc1c[nH]c2ncc(-c3cc(S(N)(=O)=O)ccc3Cl)cc12. The summed E-state index contributed by atoms with van der Waals surface area (Å²) in [6, 6.07) is 6.34. The standard InChI is InChI=1S/C15H14ClN3O2S/c1-2-9-7-18-15-13(9)5-10(8-19-15)12-6-11(22(17,20)21)3-4-14(12)16/h3-8H,2H2,1H3,(H,18,19)(H2,17,20,21). The zero-order valence-corrected chi connectivity index (χ0v) is 13.4. The molecule has 0 saturated heterocycles. The summed E-state index contributed by atoms with van der Waals surface area (Å²) in [5, 5.41) is 6.63. The highest BCUT2D eigenvalue weighted by molar-refractivity contribution is 7.89. The summed E-state index contributed by atoms with van der Waals surface area (Å²) >= 11 is 6.21. The number of nitrogens with one attached hydrogen (secondary N) is 1. The van der Waals surface area contributed by atoms with E-state index < -0.39 is 10.0 Å². The molecule has 0 aliphatic heterocycles. The highest BCUT2D eigenvalue weighted by Gasteiger charge is 2.13. The lowest BCUT2D eigenvalue weighted by Gasteiger charge is -2.07. The van der Waals surface area contributed by atoms with Crippen LogP contribution < -0.4 is 5.14 Å². The molecule has 5 nitrogen and oxygen atoms in total. The fourth-order valence-corrected chi connectivity index (χ4v) is 3.17. The van der Waals surface area contributed by atoms with E-state index in [0.717, 1.165) is 28.6 Å². The zero-order valence-electron chi connectivity index (χ0n) is 11.8. The Balaban J connectivity index is 2.22. The van der Waals surface area contributed by atoms with Gasteiger partial charge in [-0.05, 0) is 36.2 Å². The molecule has 3 aromatic rings. The van der Waals surface area contributed by atoms with E-state index in [9.17, 15) is 8.42 Å². The third kappa shape index (κ3) is 2.61. The molecule has 7 heteroatoms. The van der Waals surface area contributed by atoms with Crippen LogP contribution in [-0.2, 0) is 16.4 Å². The van der Waals surface area contributed by atoms with E-state index in [1.807, 2.05) is 12.3 Å². The van der Waals surface area contributed by atoms with Crippen molar-refractivity contribution in [1.82, 2.24) is 9.97 Å². The Morgan fingerprint density at radius 1 is 1.32 bits per heavy atom. The maximum atomic E-state index is 11.5. The number of sulfonamides is 1. The topological polar surface area (TPSA) is 88.8 Å². The van der Waals surface area contributed by atoms with Gasteiger partial charge in [-0.15, -0.1) is 0 Å². The fourth-order valence-electron chi connectivity index (χ4n) is 2.40. The quantitative estimate of drug-likeness (QED) is 0.770. The van der Waals surface area contributed by atoms with Crippen LogP contribution in [0.15, 0.2) is 41.6 Å². The molecule has 0 aliphatic rings. The van der Waals surface area contributed by atoms with Gasteiger partial charge in [0.1, 0.15) is 5.65 Å². The van der Waals surface area contributed by atoms with Gasteiger partial charge >= 0.3 is 0 Å². The molecule has 0 bridgehead atoms. The Kier molecular flexibility index (Phi) is 3.68. The van der Waals surface area contributed by atoms with Gasteiger partial charge in [-0.1, -0.05) is 18.5 Å². The molecule has 2 aromatic heterocycles. The van der Waals surface area contributed by atoms with Gasteiger partial charge < -0.3 is 4.98 Å². The van der Waals surface area contributed by atoms with E-state index in [1.54, 1.807) is 6.20 Å². The van der Waals surface area contributed by atoms with Crippen LogP contribution in [0.2, 0.25) is 5.02 Å². The number of nitrogens with two attached hydrogens (primary N) is 1. The number of aromatic nitrogens is 2. The van der Waals surface area contributed by atoms with Gasteiger partial charge in [0, 0.05) is 33.9 Å². The summed E-state index contributed by atoms with van der Waals surface area (Å²) in [5.41, 5.74) is 3.27. The van der Waals surface area contributed by atoms with Crippen LogP contribution in [0, 0.1) is 0 Å². The molecular weight excluding hydrogens is 322 g/mol. The number of pyridine rings is 1. The minimum absolute atomic E-state index is 0.0248. The molecule has 0 fully saturated rings. The molecule has 3 rings (SSSR count). The van der Waals surface area contributed by atoms with E-state index in [2.05, 4.69) is 16.9 Å². The fraction of sp³-hybridized carbons (Fsp3) is 0.133. The van der Waals surface area contributed by atoms with Gasteiger partial charge in [-0.3, -0.25) is 0 Å². The number of fused-ring (bicyclic) bond motifs is 1. The zero-order chi connectivity index (χ0) is 15.9. The molecule has 3 N–H and O–H groups in total. The predicted octanol–water partition coefficient (Wildman–Crippen LogP) is 3.09. The number of rotatable bonds is 3. The smallest absolute Gasteiger partial charge is 0.238 e. The van der Waals surface area contributed by atoms with E-state index in [-0.39, 0.29) is 4.90 Å². The van der Waals surface area contributed by atoms with Crippen molar-refractivity contribution < 1.29 is 8.42 Å². The Bertz CT molecular complexity index is 964. The van der Waals surface area contributed by atoms with Crippen molar-refractivity contribution in [2.24, 2.45) is 5.14 Å². The van der Waals surface area contributed by atoms with Crippen LogP contribution >= 0.6 is 11.6 Å². The maximum Gasteiger partial charge on any atom is 0.238 e. The highest BCUT2D eigenvalue weighted by Crippen LogP contribution is 2.32. The average Bonchev–Trinajstić information content (AvgIpc) is 2.88. The van der Waals surface area contributed by atoms with Crippen LogP contribution in [0.5, 0.6) is 0 Å². The molecular formula is C15H14ClN3O2S. The summed E-state index contributed by atoms with van der Waals surface area (Å²) in [4.78, 5) is 7.50. The number of aromatic amines is 1. The van der Waals surface area contributed by atoms with Crippen LogP contribution in [0.3, 0.4) is 0 Å². The van der Waals surface area contributed by atoms with Crippen molar-refractivity contribution >= 4 is 32.7 Å². The number of aryl methyl sites for hydroxylation is 1. The molecule has 114 valence electrons. The first-order valence-electron chi connectivity index (χ1n) is 6.69. The lowest BCUT2D eigenvalue weighted by Crippen LogP contribution is -2.12. The van der Waals surface area contributed by atoms with Crippen LogP contribution in [-0.4, -0.2) is 18.4 Å². The second kappa shape index (κ2) is 5.39. The number of primary sulfonamides is 1. The van der Waals surface area contributed by atoms with E-state index in [1.165, 1.54) is 18.2 Å². The Hall–Kier alpha value is -1.89. The Morgan fingerprint density at radius 3 is 2.77 bits per heavy atom. The van der Waals surface area contributed by atoms with E-state index in [4.69, 9.17) is 16.7 Å². The monoisotopic (exact) mass is 335 g/mol. The lowest BCUT2D eigenvalue weighted by molar-refractivity contribution is 0.598. The second-order valence-electron chi connectivity index (χ2n) is 4.97. The largest absolute Gasteiger partial charge is 0.346 e. The third-order valence-corrected chi connectivity index (χ3v) is 4.82. The highest BCUT2D eigenvalue weighted by atomic mass is 35.5. The van der Waals surface area contributed by atoms with Crippen molar-refractivity contribution in [1.29, 1.82) is 0 Å². The molecule has 0 spiro atoms. The van der Waals surface area contributed by atoms with Crippen molar-refractivity contribution in [3.8, 4) is 11.1 Å². The Labute approximate surface area is 133 Å². The maximum absolute atomic E-state index is 11.5. The van der Waals surface area contributed by atoms with Crippen molar-refractivity contribution in [2.75, 3.05) is 0 Å². The first-order valence-corrected chi connectivity index (χ1v) is 8.61. The van der Waals surface area contributed by atoms with Crippen LogP contribution in [0.25, 0.3) is 22.2 Å². The number of nitrogens with zero attached hydrogens (tertiary/aromatic N) is 1. The summed E-state index contributed by atoms with van der Waals surface area (Å²) in [5.74, 6) is 0. The lowest BCUT2D eigenvalue weighted by atomic mass is 10.1. The predicted molar refractivity (Wildman–Crippen MR) is 87.3 cm³/mol. The molecule has 1 aromatic carbocycles. The number of hydrogen-bond acceptors (Lipinski definition) is 3. The van der Waals surface area contributed by atoms with Gasteiger partial charge in [-0.25, -0.2) is 18.5 Å².